The Kier molecular flexibility index (Phi) is 3.84. The van der Waals surface area contributed by atoms with E-state index in [0.29, 0.717) is 0 Å². The third kappa shape index (κ3) is 3.84. The van der Waals surface area contributed by atoms with Crippen molar-refractivity contribution in [3.05, 3.63) is 54.0 Å². The molecule has 0 aromatic carbocycles. The van der Waals surface area contributed by atoms with Crippen LogP contribution in [0.1, 0.15) is 11.3 Å². The number of hydrogen-bond acceptors (Lipinski definition) is 4. The van der Waals surface area contributed by atoms with E-state index in [1.54, 1.807) is 18.3 Å². The Labute approximate surface area is 107 Å². The van der Waals surface area contributed by atoms with Crippen LogP contribution in [0.3, 0.4) is 0 Å². The number of azo groups is 1. The zero-order valence-electron chi connectivity index (χ0n) is 9.67. The summed E-state index contributed by atoms with van der Waals surface area (Å²) >= 11 is 0. The Hall–Kier alpha value is -2.31. The van der Waals surface area contributed by atoms with Crippen LogP contribution < -0.4 is 0 Å². The number of hydrogen-bond donors (Lipinski definition) is 0. The van der Waals surface area contributed by atoms with E-state index in [2.05, 4.69) is 20.2 Å². The standard InChI is InChI=1S/C12H9F3N4/c13-12(14,15)9-4-5-11(17-7-9)19-18-8-10-3-1-2-6-16-10/h1-7H,8H2. The summed E-state index contributed by atoms with van der Waals surface area (Å²) in [5, 5.41) is 7.55. The maximum Gasteiger partial charge on any atom is 0.417 e. The van der Waals surface area contributed by atoms with E-state index in [0.717, 1.165) is 18.0 Å². The van der Waals surface area contributed by atoms with E-state index in [1.807, 2.05) is 6.07 Å². The summed E-state index contributed by atoms with van der Waals surface area (Å²) < 4.78 is 36.9. The van der Waals surface area contributed by atoms with E-state index < -0.39 is 11.7 Å². The first kappa shape index (κ1) is 13.1. The van der Waals surface area contributed by atoms with Gasteiger partial charge in [-0.1, -0.05) is 6.07 Å². The van der Waals surface area contributed by atoms with E-state index >= 15 is 0 Å². The molecule has 0 aliphatic rings. The number of nitrogens with zero attached hydrogens (tertiary/aromatic N) is 4. The SMILES string of the molecule is FC(F)(F)c1ccc(N=NCc2ccccn2)nc1. The number of halogens is 3. The summed E-state index contributed by atoms with van der Waals surface area (Å²) in [6, 6.07) is 7.46. The third-order valence-electron chi connectivity index (χ3n) is 2.21. The molecule has 0 atom stereocenters. The Bertz CT molecular complexity index is 549. The summed E-state index contributed by atoms with van der Waals surface area (Å²) in [5.74, 6) is 0.129. The molecule has 0 N–H and O–H groups in total. The predicted molar refractivity (Wildman–Crippen MR) is 61.7 cm³/mol. The molecule has 2 heterocycles. The fourth-order valence-corrected chi connectivity index (χ4v) is 1.28. The molecular weight excluding hydrogens is 257 g/mol. The number of rotatable bonds is 3. The molecule has 2 aromatic rings. The van der Waals surface area contributed by atoms with Gasteiger partial charge in [0.05, 0.1) is 11.3 Å². The van der Waals surface area contributed by atoms with Crippen LogP contribution in [0.5, 0.6) is 0 Å². The van der Waals surface area contributed by atoms with Crippen molar-refractivity contribution >= 4 is 5.82 Å². The van der Waals surface area contributed by atoms with Crippen LogP contribution in [0, 0.1) is 0 Å². The lowest BCUT2D eigenvalue weighted by molar-refractivity contribution is -0.137. The van der Waals surface area contributed by atoms with Gasteiger partial charge < -0.3 is 0 Å². The predicted octanol–water partition coefficient (Wildman–Crippen LogP) is 3.78. The first-order valence-corrected chi connectivity index (χ1v) is 5.36. The summed E-state index contributed by atoms with van der Waals surface area (Å²) in [7, 11) is 0. The zero-order chi connectivity index (χ0) is 13.7. The second-order valence-electron chi connectivity index (χ2n) is 3.62. The molecule has 0 radical (unpaired) electrons. The lowest BCUT2D eigenvalue weighted by atomic mass is 10.3. The maximum atomic E-state index is 12.3. The molecule has 0 spiro atoms. The Morgan fingerprint density at radius 1 is 1.05 bits per heavy atom. The monoisotopic (exact) mass is 266 g/mol. The van der Waals surface area contributed by atoms with Crippen molar-refractivity contribution < 1.29 is 13.2 Å². The Balaban J connectivity index is 2.00. The van der Waals surface area contributed by atoms with Gasteiger partial charge in [-0.15, -0.1) is 5.11 Å². The highest BCUT2D eigenvalue weighted by atomic mass is 19.4. The van der Waals surface area contributed by atoms with Gasteiger partial charge in [0.1, 0.15) is 6.54 Å². The van der Waals surface area contributed by atoms with Crippen LogP contribution in [0.2, 0.25) is 0 Å². The van der Waals surface area contributed by atoms with Gasteiger partial charge in [-0.3, -0.25) is 4.98 Å². The van der Waals surface area contributed by atoms with Crippen molar-refractivity contribution in [3.63, 3.8) is 0 Å². The summed E-state index contributed by atoms with van der Waals surface area (Å²) in [4.78, 5) is 7.61. The minimum absolute atomic E-state index is 0.129. The highest BCUT2D eigenvalue weighted by Crippen LogP contribution is 2.29. The lowest BCUT2D eigenvalue weighted by Gasteiger charge is -2.04. The van der Waals surface area contributed by atoms with Crippen LogP contribution in [0.15, 0.2) is 53.0 Å². The molecule has 7 heteroatoms. The minimum Gasteiger partial charge on any atom is -0.259 e. The Morgan fingerprint density at radius 3 is 2.47 bits per heavy atom. The molecule has 98 valence electrons. The quantitative estimate of drug-likeness (QED) is 0.794. The zero-order valence-corrected chi connectivity index (χ0v) is 9.67. The van der Waals surface area contributed by atoms with Gasteiger partial charge >= 0.3 is 6.18 Å². The first-order valence-electron chi connectivity index (χ1n) is 5.36. The van der Waals surface area contributed by atoms with Crippen LogP contribution in [0.25, 0.3) is 0 Å². The lowest BCUT2D eigenvalue weighted by Crippen LogP contribution is -2.04. The van der Waals surface area contributed by atoms with E-state index in [4.69, 9.17) is 0 Å². The van der Waals surface area contributed by atoms with Crippen molar-refractivity contribution in [3.8, 4) is 0 Å². The minimum atomic E-state index is -4.39. The van der Waals surface area contributed by atoms with Crippen molar-refractivity contribution in [1.82, 2.24) is 9.97 Å². The van der Waals surface area contributed by atoms with Crippen LogP contribution in [-0.2, 0) is 12.7 Å². The van der Waals surface area contributed by atoms with E-state index in [-0.39, 0.29) is 12.4 Å². The highest BCUT2D eigenvalue weighted by Gasteiger charge is 2.30. The molecule has 4 nitrogen and oxygen atoms in total. The third-order valence-corrected chi connectivity index (χ3v) is 2.21. The number of pyridine rings is 2. The molecule has 0 saturated carbocycles. The molecule has 2 rings (SSSR count). The highest BCUT2D eigenvalue weighted by molar-refractivity contribution is 5.29. The van der Waals surface area contributed by atoms with Gasteiger partial charge in [-0.2, -0.15) is 18.3 Å². The smallest absolute Gasteiger partial charge is 0.259 e. The normalized spacial score (nSPS) is 11.9. The molecular formula is C12H9F3N4. The fraction of sp³-hybridized carbons (Fsp3) is 0.167. The van der Waals surface area contributed by atoms with Crippen LogP contribution in [-0.4, -0.2) is 9.97 Å². The second-order valence-corrected chi connectivity index (χ2v) is 3.62. The van der Waals surface area contributed by atoms with Gasteiger partial charge in [0.25, 0.3) is 0 Å². The molecule has 0 unspecified atom stereocenters. The van der Waals surface area contributed by atoms with Crippen molar-refractivity contribution in [2.24, 2.45) is 10.2 Å². The average Bonchev–Trinajstić information content (AvgIpc) is 2.39. The molecule has 19 heavy (non-hydrogen) atoms. The van der Waals surface area contributed by atoms with Crippen LogP contribution in [0.4, 0.5) is 19.0 Å². The second kappa shape index (κ2) is 5.55. The summed E-state index contributed by atoms with van der Waals surface area (Å²) in [6.07, 6.45) is -2.03. The molecule has 0 amide bonds. The number of alkyl halides is 3. The van der Waals surface area contributed by atoms with Crippen LogP contribution >= 0.6 is 0 Å². The molecule has 0 fully saturated rings. The van der Waals surface area contributed by atoms with Crippen molar-refractivity contribution in [1.29, 1.82) is 0 Å². The van der Waals surface area contributed by atoms with Gasteiger partial charge in [-0.05, 0) is 24.3 Å². The van der Waals surface area contributed by atoms with Gasteiger partial charge in [-0.25, -0.2) is 4.98 Å². The number of aromatic nitrogens is 2. The molecule has 0 bridgehead atoms. The van der Waals surface area contributed by atoms with Crippen molar-refractivity contribution in [2.75, 3.05) is 0 Å². The maximum absolute atomic E-state index is 12.3. The Morgan fingerprint density at radius 2 is 1.89 bits per heavy atom. The molecule has 2 aromatic heterocycles. The van der Waals surface area contributed by atoms with Gasteiger partial charge in [0, 0.05) is 12.4 Å². The average molecular weight is 266 g/mol. The van der Waals surface area contributed by atoms with E-state index in [1.165, 1.54) is 6.07 Å². The topological polar surface area (TPSA) is 50.5 Å². The first-order chi connectivity index (χ1) is 9.05. The molecule has 0 aliphatic heterocycles. The summed E-state index contributed by atoms with van der Waals surface area (Å²) in [6.45, 7) is 0.254. The molecule has 0 saturated heterocycles. The fourth-order valence-electron chi connectivity index (χ4n) is 1.28. The largest absolute Gasteiger partial charge is 0.417 e. The van der Waals surface area contributed by atoms with E-state index in [9.17, 15) is 13.2 Å². The van der Waals surface area contributed by atoms with Crippen molar-refractivity contribution in [2.45, 2.75) is 12.7 Å². The van der Waals surface area contributed by atoms with Gasteiger partial charge in [0.2, 0.25) is 0 Å². The molecule has 0 aliphatic carbocycles. The summed E-state index contributed by atoms with van der Waals surface area (Å²) in [5.41, 5.74) is -0.0886. The van der Waals surface area contributed by atoms with Gasteiger partial charge in [0.15, 0.2) is 5.82 Å².